The first-order valence-electron chi connectivity index (χ1n) is 5.81. The van der Waals surface area contributed by atoms with Crippen LogP contribution in [0.2, 0.25) is 0 Å². The molecule has 0 aromatic heterocycles. The van der Waals surface area contributed by atoms with Crippen LogP contribution < -0.4 is 5.73 Å². The average Bonchev–Trinajstić information content (AvgIpc) is 2.21. The lowest BCUT2D eigenvalue weighted by Gasteiger charge is -2.11. The molecule has 0 fully saturated rings. The monoisotopic (exact) mass is 241 g/mol. The van der Waals surface area contributed by atoms with Crippen LogP contribution in [0.1, 0.15) is 32.3 Å². The standard InChI is InChI=1S/C13H20FNS/c1-3-4-8-16-13-11(9-10(2)15)6-5-7-12(13)14/h5-7,10H,3-4,8-9,15H2,1-2H3. The molecular weight excluding hydrogens is 221 g/mol. The minimum Gasteiger partial charge on any atom is -0.328 e. The average molecular weight is 241 g/mol. The number of hydrogen-bond acceptors (Lipinski definition) is 2. The van der Waals surface area contributed by atoms with Crippen molar-refractivity contribution in [3.8, 4) is 0 Å². The van der Waals surface area contributed by atoms with Crippen LogP contribution in [0.4, 0.5) is 4.39 Å². The summed E-state index contributed by atoms with van der Waals surface area (Å²) in [4.78, 5) is 0.785. The molecular formula is C13H20FNS. The smallest absolute Gasteiger partial charge is 0.137 e. The molecule has 1 nitrogen and oxygen atoms in total. The van der Waals surface area contributed by atoms with Crippen LogP contribution >= 0.6 is 11.8 Å². The second-order valence-corrected chi connectivity index (χ2v) is 5.22. The highest BCUT2D eigenvalue weighted by Crippen LogP contribution is 2.27. The molecule has 3 heteroatoms. The summed E-state index contributed by atoms with van der Waals surface area (Å²) in [6.07, 6.45) is 3.01. The van der Waals surface area contributed by atoms with Gasteiger partial charge in [-0.25, -0.2) is 4.39 Å². The molecule has 0 saturated carbocycles. The van der Waals surface area contributed by atoms with Gasteiger partial charge >= 0.3 is 0 Å². The van der Waals surface area contributed by atoms with E-state index in [0.29, 0.717) is 0 Å². The fourth-order valence-electron chi connectivity index (χ4n) is 1.54. The number of benzene rings is 1. The second-order valence-electron chi connectivity index (χ2n) is 4.11. The summed E-state index contributed by atoms with van der Waals surface area (Å²) in [5.41, 5.74) is 6.80. The Balaban J connectivity index is 2.77. The van der Waals surface area contributed by atoms with E-state index in [9.17, 15) is 4.39 Å². The Kier molecular flexibility index (Phi) is 5.85. The van der Waals surface area contributed by atoms with Crippen LogP contribution in [0.25, 0.3) is 0 Å². The molecule has 0 spiro atoms. The number of nitrogens with two attached hydrogens (primary N) is 1. The SMILES string of the molecule is CCCCSc1c(F)cccc1CC(C)N. The molecule has 1 aromatic rings. The first-order valence-corrected chi connectivity index (χ1v) is 6.79. The molecule has 1 atom stereocenters. The lowest BCUT2D eigenvalue weighted by atomic mass is 10.1. The maximum atomic E-state index is 13.7. The quantitative estimate of drug-likeness (QED) is 0.608. The van der Waals surface area contributed by atoms with E-state index in [4.69, 9.17) is 5.73 Å². The Bertz CT molecular complexity index is 326. The Labute approximate surface area is 102 Å². The minimum absolute atomic E-state index is 0.0762. The first kappa shape index (κ1) is 13.5. The summed E-state index contributed by atoms with van der Waals surface area (Å²) >= 11 is 1.61. The van der Waals surface area contributed by atoms with Crippen molar-refractivity contribution >= 4 is 11.8 Å². The third-order valence-electron chi connectivity index (χ3n) is 2.33. The lowest BCUT2D eigenvalue weighted by Crippen LogP contribution is -2.18. The maximum absolute atomic E-state index is 13.7. The third-order valence-corrected chi connectivity index (χ3v) is 3.57. The van der Waals surface area contributed by atoms with Gasteiger partial charge < -0.3 is 5.73 Å². The second kappa shape index (κ2) is 6.92. The predicted molar refractivity (Wildman–Crippen MR) is 69.4 cm³/mol. The molecule has 0 aliphatic heterocycles. The van der Waals surface area contributed by atoms with E-state index in [1.54, 1.807) is 17.8 Å². The summed E-state index contributed by atoms with van der Waals surface area (Å²) in [6.45, 7) is 4.09. The van der Waals surface area contributed by atoms with Gasteiger partial charge in [-0.2, -0.15) is 0 Å². The molecule has 1 rings (SSSR count). The van der Waals surface area contributed by atoms with E-state index in [0.717, 1.165) is 35.5 Å². The van der Waals surface area contributed by atoms with E-state index in [1.165, 1.54) is 6.07 Å². The van der Waals surface area contributed by atoms with Crippen molar-refractivity contribution in [2.24, 2.45) is 5.73 Å². The van der Waals surface area contributed by atoms with Gasteiger partial charge in [-0.15, -0.1) is 11.8 Å². The fraction of sp³-hybridized carbons (Fsp3) is 0.538. The predicted octanol–water partition coefficient (Wildman–Crippen LogP) is 3.61. The van der Waals surface area contributed by atoms with Crippen LogP contribution in [-0.2, 0) is 6.42 Å². The van der Waals surface area contributed by atoms with Crippen molar-refractivity contribution in [2.45, 2.75) is 44.0 Å². The number of thioether (sulfide) groups is 1. The van der Waals surface area contributed by atoms with Crippen LogP contribution in [0.5, 0.6) is 0 Å². The highest BCUT2D eigenvalue weighted by molar-refractivity contribution is 7.99. The van der Waals surface area contributed by atoms with E-state index < -0.39 is 0 Å². The molecule has 1 aromatic carbocycles. The van der Waals surface area contributed by atoms with E-state index in [1.807, 2.05) is 13.0 Å². The molecule has 0 aliphatic carbocycles. The maximum Gasteiger partial charge on any atom is 0.137 e. The lowest BCUT2D eigenvalue weighted by molar-refractivity contribution is 0.592. The molecule has 2 N–H and O–H groups in total. The van der Waals surface area contributed by atoms with E-state index in [2.05, 4.69) is 6.92 Å². The van der Waals surface area contributed by atoms with E-state index >= 15 is 0 Å². The highest BCUT2D eigenvalue weighted by Gasteiger charge is 2.09. The van der Waals surface area contributed by atoms with Gasteiger partial charge in [0.1, 0.15) is 5.82 Å². The molecule has 90 valence electrons. The Morgan fingerprint density at radius 2 is 2.19 bits per heavy atom. The van der Waals surface area contributed by atoms with Crippen molar-refractivity contribution in [3.05, 3.63) is 29.6 Å². The van der Waals surface area contributed by atoms with Crippen LogP contribution in [0.15, 0.2) is 23.1 Å². The summed E-state index contributed by atoms with van der Waals surface area (Å²) in [5, 5.41) is 0. The zero-order valence-electron chi connectivity index (χ0n) is 10.0. The van der Waals surface area contributed by atoms with Gasteiger partial charge in [0.25, 0.3) is 0 Å². The van der Waals surface area contributed by atoms with Crippen molar-refractivity contribution in [3.63, 3.8) is 0 Å². The van der Waals surface area contributed by atoms with Crippen molar-refractivity contribution in [1.29, 1.82) is 0 Å². The molecule has 0 radical (unpaired) electrons. The molecule has 0 aliphatic rings. The molecule has 0 saturated heterocycles. The first-order chi connectivity index (χ1) is 7.65. The normalized spacial score (nSPS) is 12.8. The zero-order chi connectivity index (χ0) is 12.0. The topological polar surface area (TPSA) is 26.0 Å². The molecule has 0 heterocycles. The van der Waals surface area contributed by atoms with Gasteiger partial charge in [0, 0.05) is 10.9 Å². The van der Waals surface area contributed by atoms with Gasteiger partial charge in [0.2, 0.25) is 0 Å². The number of halogens is 1. The Morgan fingerprint density at radius 3 is 2.81 bits per heavy atom. The fourth-order valence-corrected chi connectivity index (χ4v) is 2.72. The summed E-state index contributed by atoms with van der Waals surface area (Å²) < 4.78 is 13.7. The molecule has 1 unspecified atom stereocenters. The van der Waals surface area contributed by atoms with Gasteiger partial charge in [-0.3, -0.25) is 0 Å². The number of rotatable bonds is 6. The van der Waals surface area contributed by atoms with Gasteiger partial charge in [0.05, 0.1) is 0 Å². The minimum atomic E-state index is -0.112. The van der Waals surface area contributed by atoms with Crippen LogP contribution in [0.3, 0.4) is 0 Å². The Hall–Kier alpha value is -0.540. The summed E-state index contributed by atoms with van der Waals surface area (Å²) in [6, 6.07) is 5.34. The van der Waals surface area contributed by atoms with Crippen molar-refractivity contribution in [1.82, 2.24) is 0 Å². The highest BCUT2D eigenvalue weighted by atomic mass is 32.2. The number of hydrogen-bond donors (Lipinski definition) is 1. The summed E-state index contributed by atoms with van der Waals surface area (Å²) in [7, 11) is 0. The van der Waals surface area contributed by atoms with Crippen LogP contribution in [0, 0.1) is 5.82 Å². The van der Waals surface area contributed by atoms with Gasteiger partial charge in [0.15, 0.2) is 0 Å². The Morgan fingerprint density at radius 1 is 1.44 bits per heavy atom. The third kappa shape index (κ3) is 4.14. The van der Waals surface area contributed by atoms with E-state index in [-0.39, 0.29) is 11.9 Å². The summed E-state index contributed by atoms with van der Waals surface area (Å²) in [5.74, 6) is 0.864. The number of unbranched alkanes of at least 4 members (excludes halogenated alkanes) is 1. The van der Waals surface area contributed by atoms with Gasteiger partial charge in [-0.05, 0) is 37.1 Å². The zero-order valence-corrected chi connectivity index (χ0v) is 10.8. The van der Waals surface area contributed by atoms with Gasteiger partial charge in [-0.1, -0.05) is 25.5 Å². The molecule has 16 heavy (non-hydrogen) atoms. The van der Waals surface area contributed by atoms with Crippen molar-refractivity contribution < 1.29 is 4.39 Å². The largest absolute Gasteiger partial charge is 0.328 e. The van der Waals surface area contributed by atoms with Crippen LogP contribution in [-0.4, -0.2) is 11.8 Å². The van der Waals surface area contributed by atoms with Crippen molar-refractivity contribution in [2.75, 3.05) is 5.75 Å². The molecule has 0 amide bonds. The molecule has 0 bridgehead atoms.